The molecule has 186 valence electrons. The van der Waals surface area contributed by atoms with E-state index < -0.39 is 0 Å². The lowest BCUT2D eigenvalue weighted by atomic mass is 10.2. The number of benzene rings is 3. The number of aryl methyl sites for hydroxylation is 1. The van der Waals surface area contributed by atoms with E-state index in [4.69, 9.17) is 17.2 Å². The standard InChI is InChI=1S/C28H22FN3O2S3/c1-18-6-8-20(9-7-18)17-36-27-30-22-4-2-3-5-23(22)32(27)25(33)14-15-31-26(34)24(37-28(31)35)16-19-10-12-21(29)13-11-19/h2-13,16H,14-15,17H2,1H3/b24-16-. The van der Waals surface area contributed by atoms with E-state index >= 15 is 0 Å². The molecule has 1 aromatic heterocycles. The fraction of sp³-hybridized carbons (Fsp3) is 0.143. The molecule has 0 saturated carbocycles. The molecule has 0 spiro atoms. The third-order valence-corrected chi connectivity index (χ3v) is 8.25. The molecule has 0 N–H and O–H groups in total. The van der Waals surface area contributed by atoms with E-state index in [9.17, 15) is 14.0 Å². The molecule has 0 bridgehead atoms. The summed E-state index contributed by atoms with van der Waals surface area (Å²) >= 11 is 8.11. The van der Waals surface area contributed by atoms with Gasteiger partial charge >= 0.3 is 0 Å². The molecule has 9 heteroatoms. The second-order valence-electron chi connectivity index (χ2n) is 8.52. The number of fused-ring (bicyclic) bond motifs is 1. The lowest BCUT2D eigenvalue weighted by Gasteiger charge is -2.15. The van der Waals surface area contributed by atoms with E-state index in [0.717, 1.165) is 16.6 Å². The highest BCUT2D eigenvalue weighted by molar-refractivity contribution is 8.26. The van der Waals surface area contributed by atoms with Gasteiger partial charge in [0.15, 0.2) is 5.16 Å². The van der Waals surface area contributed by atoms with Crippen molar-refractivity contribution in [2.45, 2.75) is 24.3 Å². The minimum Gasteiger partial charge on any atom is -0.292 e. The van der Waals surface area contributed by atoms with Crippen LogP contribution in [0.3, 0.4) is 0 Å². The molecule has 0 aliphatic carbocycles. The van der Waals surface area contributed by atoms with Crippen LogP contribution >= 0.6 is 35.7 Å². The number of carbonyl (C=O) groups is 2. The number of aromatic nitrogens is 2. The van der Waals surface area contributed by atoms with Crippen molar-refractivity contribution < 1.29 is 14.0 Å². The van der Waals surface area contributed by atoms with Gasteiger partial charge < -0.3 is 0 Å². The van der Waals surface area contributed by atoms with Gasteiger partial charge in [-0.15, -0.1) is 0 Å². The molecule has 1 aliphatic rings. The van der Waals surface area contributed by atoms with Gasteiger partial charge in [0.2, 0.25) is 5.91 Å². The third-order valence-electron chi connectivity index (χ3n) is 5.86. The summed E-state index contributed by atoms with van der Waals surface area (Å²) in [6.45, 7) is 2.21. The van der Waals surface area contributed by atoms with E-state index in [0.29, 0.717) is 25.7 Å². The number of thioether (sulfide) groups is 2. The van der Waals surface area contributed by atoms with E-state index in [1.807, 2.05) is 31.2 Å². The summed E-state index contributed by atoms with van der Waals surface area (Å²) in [4.78, 5) is 33.0. The molecule has 4 aromatic rings. The predicted molar refractivity (Wildman–Crippen MR) is 152 cm³/mol. The van der Waals surface area contributed by atoms with Crippen molar-refractivity contribution in [3.63, 3.8) is 0 Å². The maximum atomic E-state index is 13.4. The van der Waals surface area contributed by atoms with Gasteiger partial charge in [0.25, 0.3) is 5.91 Å². The fourth-order valence-electron chi connectivity index (χ4n) is 3.90. The highest BCUT2D eigenvalue weighted by Crippen LogP contribution is 2.33. The summed E-state index contributed by atoms with van der Waals surface area (Å²) in [6.07, 6.45) is 1.78. The van der Waals surface area contributed by atoms with Gasteiger partial charge in [0.1, 0.15) is 10.1 Å². The molecule has 5 nitrogen and oxygen atoms in total. The number of hydrogen-bond acceptors (Lipinski definition) is 6. The Hall–Kier alpha value is -3.27. The number of hydrogen-bond donors (Lipinski definition) is 0. The van der Waals surface area contributed by atoms with Crippen molar-refractivity contribution >= 4 is 69.0 Å². The zero-order chi connectivity index (χ0) is 25.9. The topological polar surface area (TPSA) is 55.2 Å². The minimum atomic E-state index is -0.341. The van der Waals surface area contributed by atoms with Gasteiger partial charge in [-0.05, 0) is 48.4 Å². The van der Waals surface area contributed by atoms with Crippen LogP contribution in [-0.4, -0.2) is 37.1 Å². The Morgan fingerprint density at radius 2 is 1.81 bits per heavy atom. The Morgan fingerprint density at radius 3 is 2.57 bits per heavy atom. The maximum Gasteiger partial charge on any atom is 0.266 e. The second-order valence-corrected chi connectivity index (χ2v) is 11.1. The summed E-state index contributed by atoms with van der Waals surface area (Å²) in [6, 6.07) is 21.7. The van der Waals surface area contributed by atoms with Crippen molar-refractivity contribution in [2.75, 3.05) is 6.54 Å². The van der Waals surface area contributed by atoms with Gasteiger partial charge in [-0.25, -0.2) is 9.37 Å². The number of rotatable bonds is 7. The van der Waals surface area contributed by atoms with Crippen molar-refractivity contribution in [1.82, 2.24) is 14.5 Å². The molecular weight excluding hydrogens is 526 g/mol. The zero-order valence-electron chi connectivity index (χ0n) is 19.9. The molecule has 1 aliphatic heterocycles. The Labute approximate surface area is 227 Å². The summed E-state index contributed by atoms with van der Waals surface area (Å²) in [5.74, 6) is -0.0698. The van der Waals surface area contributed by atoms with Gasteiger partial charge in [0, 0.05) is 18.7 Å². The molecule has 1 amide bonds. The van der Waals surface area contributed by atoms with E-state index in [-0.39, 0.29) is 30.6 Å². The van der Waals surface area contributed by atoms with Crippen LogP contribution in [0, 0.1) is 12.7 Å². The molecule has 37 heavy (non-hydrogen) atoms. The average Bonchev–Trinajstić information content (AvgIpc) is 3.39. The maximum absolute atomic E-state index is 13.4. The lowest BCUT2D eigenvalue weighted by Crippen LogP contribution is -2.31. The molecule has 5 rings (SSSR count). The van der Waals surface area contributed by atoms with Crippen molar-refractivity contribution in [1.29, 1.82) is 0 Å². The quantitative estimate of drug-likeness (QED) is 0.146. The first-order chi connectivity index (χ1) is 17.9. The number of thiocarbonyl (C=S) groups is 1. The monoisotopic (exact) mass is 547 g/mol. The minimum absolute atomic E-state index is 0.0920. The fourth-order valence-corrected chi connectivity index (χ4v) is 6.19. The number of nitrogens with zero attached hydrogens (tertiary/aromatic N) is 3. The van der Waals surface area contributed by atoms with Crippen LogP contribution in [0.1, 0.15) is 27.9 Å². The van der Waals surface area contributed by atoms with Crippen LogP contribution in [-0.2, 0) is 10.5 Å². The first kappa shape index (κ1) is 25.4. The molecular formula is C28H22FN3O2S3. The summed E-state index contributed by atoms with van der Waals surface area (Å²) in [7, 11) is 0. The van der Waals surface area contributed by atoms with Crippen LogP contribution in [0.15, 0.2) is 82.9 Å². The molecule has 0 unspecified atom stereocenters. The van der Waals surface area contributed by atoms with Gasteiger partial charge in [-0.1, -0.05) is 89.8 Å². The average molecular weight is 548 g/mol. The smallest absolute Gasteiger partial charge is 0.266 e. The normalized spacial score (nSPS) is 14.8. The van der Waals surface area contributed by atoms with E-state index in [1.165, 1.54) is 46.1 Å². The molecule has 1 fully saturated rings. The van der Waals surface area contributed by atoms with Crippen molar-refractivity contribution in [3.8, 4) is 0 Å². The second kappa shape index (κ2) is 11.0. The van der Waals surface area contributed by atoms with Crippen LogP contribution in [0.4, 0.5) is 4.39 Å². The number of halogens is 1. The first-order valence-electron chi connectivity index (χ1n) is 11.6. The van der Waals surface area contributed by atoms with Crippen LogP contribution in [0.5, 0.6) is 0 Å². The largest absolute Gasteiger partial charge is 0.292 e. The predicted octanol–water partition coefficient (Wildman–Crippen LogP) is 6.71. The van der Waals surface area contributed by atoms with Crippen LogP contribution in [0.25, 0.3) is 17.1 Å². The van der Waals surface area contributed by atoms with Gasteiger partial charge in [-0.2, -0.15) is 0 Å². The van der Waals surface area contributed by atoms with E-state index in [2.05, 4.69) is 24.3 Å². The van der Waals surface area contributed by atoms with Crippen molar-refractivity contribution in [3.05, 3.63) is 100 Å². The Bertz CT molecular complexity index is 1530. The summed E-state index contributed by atoms with van der Waals surface area (Å²) in [5, 5.41) is 0.619. The van der Waals surface area contributed by atoms with Crippen molar-refractivity contribution in [2.24, 2.45) is 0 Å². The Kier molecular flexibility index (Phi) is 7.55. The van der Waals surface area contributed by atoms with Crippen LogP contribution < -0.4 is 0 Å². The Balaban J connectivity index is 1.32. The summed E-state index contributed by atoms with van der Waals surface area (Å²) < 4.78 is 15.2. The van der Waals surface area contributed by atoms with Gasteiger partial charge in [0.05, 0.1) is 15.9 Å². The number of imidazole rings is 1. The number of carbonyl (C=O) groups excluding carboxylic acids is 2. The Morgan fingerprint density at radius 1 is 1.08 bits per heavy atom. The highest BCUT2D eigenvalue weighted by Gasteiger charge is 2.32. The SMILES string of the molecule is Cc1ccc(CSc2nc3ccccc3n2C(=O)CCN2C(=O)/C(=C/c3ccc(F)cc3)SC2=S)cc1. The van der Waals surface area contributed by atoms with Gasteiger partial charge in [-0.3, -0.25) is 19.1 Å². The molecule has 0 atom stereocenters. The molecule has 2 heterocycles. The zero-order valence-corrected chi connectivity index (χ0v) is 22.3. The summed E-state index contributed by atoms with van der Waals surface area (Å²) in [5.41, 5.74) is 4.53. The van der Waals surface area contributed by atoms with Crippen LogP contribution in [0.2, 0.25) is 0 Å². The lowest BCUT2D eigenvalue weighted by molar-refractivity contribution is -0.122. The number of para-hydroxylation sites is 2. The molecule has 3 aromatic carbocycles. The molecule has 0 radical (unpaired) electrons. The van der Waals surface area contributed by atoms with E-state index in [1.54, 1.807) is 22.8 Å². The highest BCUT2D eigenvalue weighted by atomic mass is 32.2. The first-order valence-corrected chi connectivity index (χ1v) is 13.8. The number of amides is 1. The molecule has 1 saturated heterocycles. The third kappa shape index (κ3) is 5.69.